The molecule has 1 heterocycles. The van der Waals surface area contributed by atoms with E-state index in [2.05, 4.69) is 4.98 Å². The van der Waals surface area contributed by atoms with Gasteiger partial charge < -0.3 is 10.3 Å². The van der Waals surface area contributed by atoms with Crippen LogP contribution in [0.25, 0.3) is 11.3 Å². The fourth-order valence-electron chi connectivity index (χ4n) is 2.32. The van der Waals surface area contributed by atoms with Crippen LogP contribution in [0.3, 0.4) is 0 Å². The van der Waals surface area contributed by atoms with Gasteiger partial charge in [-0.05, 0) is 19.4 Å². The highest BCUT2D eigenvalue weighted by molar-refractivity contribution is 5.74. The van der Waals surface area contributed by atoms with Crippen LogP contribution in [0.2, 0.25) is 0 Å². The van der Waals surface area contributed by atoms with Crippen LogP contribution in [0.4, 0.5) is 19.0 Å². The lowest BCUT2D eigenvalue weighted by molar-refractivity contribution is -0.137. The Labute approximate surface area is 121 Å². The predicted octanol–water partition coefficient (Wildman–Crippen LogP) is 4.26. The van der Waals surface area contributed by atoms with Crippen LogP contribution >= 0.6 is 0 Å². The summed E-state index contributed by atoms with van der Waals surface area (Å²) in [4.78, 5) is 4.25. The largest absolute Gasteiger partial charge is 0.417 e. The van der Waals surface area contributed by atoms with Gasteiger partial charge in [0.1, 0.15) is 17.3 Å². The summed E-state index contributed by atoms with van der Waals surface area (Å²) in [6.07, 6.45) is -2.54. The number of aryl methyl sites for hydroxylation is 1. The minimum Gasteiger partial charge on any atom is -0.383 e. The van der Waals surface area contributed by atoms with Crippen molar-refractivity contribution in [2.75, 3.05) is 5.73 Å². The van der Waals surface area contributed by atoms with Gasteiger partial charge in [0, 0.05) is 12.1 Å². The van der Waals surface area contributed by atoms with Gasteiger partial charge in [-0.1, -0.05) is 31.5 Å². The summed E-state index contributed by atoms with van der Waals surface area (Å²) in [5.74, 6) is 0.922. The summed E-state index contributed by atoms with van der Waals surface area (Å²) in [6, 6.07) is 5.38. The second-order valence-electron chi connectivity index (χ2n) is 4.94. The van der Waals surface area contributed by atoms with Crippen molar-refractivity contribution in [2.45, 2.75) is 39.4 Å². The van der Waals surface area contributed by atoms with Crippen LogP contribution in [0.1, 0.15) is 31.2 Å². The molecule has 6 heteroatoms. The number of nitrogen functional groups attached to an aromatic ring is 1. The van der Waals surface area contributed by atoms with Gasteiger partial charge in [0.2, 0.25) is 0 Å². The molecule has 2 aromatic rings. The van der Waals surface area contributed by atoms with Crippen LogP contribution in [0.15, 0.2) is 24.3 Å². The molecule has 0 atom stereocenters. The van der Waals surface area contributed by atoms with Gasteiger partial charge in [-0.2, -0.15) is 13.2 Å². The number of unbranched alkanes of at least 4 members (excludes halogenated alkanes) is 1. The highest BCUT2D eigenvalue weighted by Gasteiger charge is 2.34. The molecular weight excluding hydrogens is 279 g/mol. The van der Waals surface area contributed by atoms with Crippen LogP contribution in [0, 0.1) is 6.92 Å². The van der Waals surface area contributed by atoms with E-state index in [9.17, 15) is 13.2 Å². The predicted molar refractivity (Wildman–Crippen MR) is 76.7 cm³/mol. The molecule has 0 saturated heterocycles. The van der Waals surface area contributed by atoms with Crippen molar-refractivity contribution < 1.29 is 13.2 Å². The number of hydrogen-bond acceptors (Lipinski definition) is 2. The summed E-state index contributed by atoms with van der Waals surface area (Å²) in [5, 5.41) is 0. The molecule has 0 saturated carbocycles. The number of halogens is 3. The second-order valence-corrected chi connectivity index (χ2v) is 4.94. The average Bonchev–Trinajstić information content (AvgIpc) is 2.71. The first-order chi connectivity index (χ1) is 9.86. The molecule has 0 aliphatic carbocycles. The minimum absolute atomic E-state index is 0.0286. The third kappa shape index (κ3) is 3.04. The van der Waals surface area contributed by atoms with Crippen LogP contribution in [0.5, 0.6) is 0 Å². The number of alkyl halides is 3. The second kappa shape index (κ2) is 5.79. The molecule has 2 rings (SSSR count). The van der Waals surface area contributed by atoms with E-state index in [0.29, 0.717) is 12.4 Å². The topological polar surface area (TPSA) is 43.8 Å². The van der Waals surface area contributed by atoms with Crippen LogP contribution in [-0.4, -0.2) is 9.55 Å². The normalized spacial score (nSPS) is 11.9. The molecule has 0 spiro atoms. The molecule has 0 unspecified atom stereocenters. The van der Waals surface area contributed by atoms with Crippen molar-refractivity contribution >= 4 is 5.82 Å². The standard InChI is InChI=1S/C15H18F3N3/c1-3-4-9-21-10(2)20-13(14(21)19)11-7-5-6-8-12(11)15(16,17)18/h5-8H,3-4,9,19H2,1-2H3. The molecule has 0 radical (unpaired) electrons. The fraction of sp³-hybridized carbons (Fsp3) is 0.400. The maximum absolute atomic E-state index is 13.1. The van der Waals surface area contributed by atoms with Gasteiger partial charge >= 0.3 is 6.18 Å². The third-order valence-electron chi connectivity index (χ3n) is 3.42. The van der Waals surface area contributed by atoms with E-state index in [0.717, 1.165) is 18.9 Å². The summed E-state index contributed by atoms with van der Waals surface area (Å²) < 4.78 is 41.1. The van der Waals surface area contributed by atoms with E-state index in [-0.39, 0.29) is 17.1 Å². The Morgan fingerprint density at radius 1 is 1.24 bits per heavy atom. The van der Waals surface area contributed by atoms with E-state index < -0.39 is 11.7 Å². The van der Waals surface area contributed by atoms with Crippen molar-refractivity contribution in [3.63, 3.8) is 0 Å². The molecule has 1 aromatic carbocycles. The highest BCUT2D eigenvalue weighted by Crippen LogP contribution is 2.38. The Kier molecular flexibility index (Phi) is 4.25. The number of imidazole rings is 1. The summed E-state index contributed by atoms with van der Waals surface area (Å²) in [7, 11) is 0. The van der Waals surface area contributed by atoms with E-state index in [4.69, 9.17) is 5.73 Å². The summed E-state index contributed by atoms with van der Waals surface area (Å²) >= 11 is 0. The molecule has 114 valence electrons. The van der Waals surface area contributed by atoms with Crippen molar-refractivity contribution in [1.82, 2.24) is 9.55 Å². The lowest BCUT2D eigenvalue weighted by atomic mass is 10.0. The number of rotatable bonds is 4. The molecule has 1 aromatic heterocycles. The molecule has 21 heavy (non-hydrogen) atoms. The molecule has 0 aliphatic heterocycles. The van der Waals surface area contributed by atoms with Crippen LogP contribution in [-0.2, 0) is 12.7 Å². The molecular formula is C15H18F3N3. The van der Waals surface area contributed by atoms with Gasteiger partial charge in [-0.3, -0.25) is 0 Å². The number of benzene rings is 1. The number of nitrogens with zero attached hydrogens (tertiary/aromatic N) is 2. The fourth-order valence-corrected chi connectivity index (χ4v) is 2.32. The van der Waals surface area contributed by atoms with Crippen LogP contribution < -0.4 is 5.73 Å². The van der Waals surface area contributed by atoms with E-state index in [1.807, 2.05) is 6.92 Å². The van der Waals surface area contributed by atoms with Crippen molar-refractivity contribution in [3.05, 3.63) is 35.7 Å². The van der Waals surface area contributed by atoms with E-state index in [1.54, 1.807) is 17.6 Å². The molecule has 2 N–H and O–H groups in total. The maximum Gasteiger partial charge on any atom is 0.417 e. The van der Waals surface area contributed by atoms with Gasteiger partial charge in [0.25, 0.3) is 0 Å². The zero-order chi connectivity index (χ0) is 15.6. The molecule has 0 amide bonds. The Balaban J connectivity index is 2.54. The van der Waals surface area contributed by atoms with Gasteiger partial charge in [-0.25, -0.2) is 4.98 Å². The molecule has 0 aliphatic rings. The first-order valence-corrected chi connectivity index (χ1v) is 6.85. The van der Waals surface area contributed by atoms with Gasteiger partial charge in [0.05, 0.1) is 5.56 Å². The summed E-state index contributed by atoms with van der Waals surface area (Å²) in [6.45, 7) is 4.46. The minimum atomic E-state index is -4.43. The SMILES string of the molecule is CCCCn1c(C)nc(-c2ccccc2C(F)(F)F)c1N. The number of nitrogens with two attached hydrogens (primary N) is 1. The molecule has 3 nitrogen and oxygen atoms in total. The van der Waals surface area contributed by atoms with E-state index >= 15 is 0 Å². The highest BCUT2D eigenvalue weighted by atomic mass is 19.4. The third-order valence-corrected chi connectivity index (χ3v) is 3.42. The van der Waals surface area contributed by atoms with Crippen molar-refractivity contribution in [2.24, 2.45) is 0 Å². The Morgan fingerprint density at radius 2 is 1.90 bits per heavy atom. The first kappa shape index (κ1) is 15.4. The van der Waals surface area contributed by atoms with Crippen molar-refractivity contribution in [3.8, 4) is 11.3 Å². The zero-order valence-corrected chi connectivity index (χ0v) is 12.0. The van der Waals surface area contributed by atoms with Gasteiger partial charge in [0.15, 0.2) is 0 Å². The Bertz CT molecular complexity index is 630. The Hall–Kier alpha value is -1.98. The lowest BCUT2D eigenvalue weighted by Gasteiger charge is -2.12. The number of hydrogen-bond donors (Lipinski definition) is 1. The molecule has 0 bridgehead atoms. The summed E-state index contributed by atoms with van der Waals surface area (Å²) in [5.41, 5.74) is 5.54. The Morgan fingerprint density at radius 3 is 2.52 bits per heavy atom. The smallest absolute Gasteiger partial charge is 0.383 e. The lowest BCUT2D eigenvalue weighted by Crippen LogP contribution is -2.08. The molecule has 0 fully saturated rings. The quantitative estimate of drug-likeness (QED) is 0.916. The van der Waals surface area contributed by atoms with Crippen molar-refractivity contribution in [1.29, 1.82) is 0 Å². The maximum atomic E-state index is 13.1. The zero-order valence-electron chi connectivity index (χ0n) is 12.0. The van der Waals surface area contributed by atoms with E-state index in [1.165, 1.54) is 12.1 Å². The first-order valence-electron chi connectivity index (χ1n) is 6.85. The number of aromatic nitrogens is 2. The monoisotopic (exact) mass is 297 g/mol. The average molecular weight is 297 g/mol. The number of anilines is 1. The van der Waals surface area contributed by atoms with Gasteiger partial charge in [-0.15, -0.1) is 0 Å².